The molecule has 0 bridgehead atoms. The molecule has 2 atom stereocenters. The molecule has 0 aliphatic heterocycles. The van der Waals surface area contributed by atoms with E-state index in [2.05, 4.69) is 59.4 Å². The van der Waals surface area contributed by atoms with Crippen molar-refractivity contribution in [3.63, 3.8) is 0 Å². The van der Waals surface area contributed by atoms with Gasteiger partial charge >= 0.3 is 0 Å². The number of hydrogen-bond acceptors (Lipinski definition) is 2. The van der Waals surface area contributed by atoms with Gasteiger partial charge in [-0.2, -0.15) is 0 Å². The molecule has 2 aliphatic rings. The minimum atomic E-state index is -0.366. The van der Waals surface area contributed by atoms with E-state index in [0.29, 0.717) is 12.8 Å². The Morgan fingerprint density at radius 1 is 0.472 bits per heavy atom. The highest BCUT2D eigenvalue weighted by atomic mass is 16.2. The SMILES string of the molecule is O=C(NNC(=O)[C@@H]1CC1(c1ccccc1)c1ccccc1)[C@H]1CC1(c1ccccc1)c1ccccc1. The highest BCUT2D eigenvalue weighted by Gasteiger charge is 2.62. The summed E-state index contributed by atoms with van der Waals surface area (Å²) in [5.74, 6) is -0.784. The largest absolute Gasteiger partial charge is 0.273 e. The van der Waals surface area contributed by atoms with E-state index in [4.69, 9.17) is 0 Å². The molecule has 0 heterocycles. The lowest BCUT2D eigenvalue weighted by Gasteiger charge is -2.20. The molecule has 0 radical (unpaired) electrons. The predicted molar refractivity (Wildman–Crippen MR) is 140 cm³/mol. The zero-order chi connectivity index (χ0) is 24.6. The zero-order valence-corrected chi connectivity index (χ0v) is 19.9. The first-order valence-electron chi connectivity index (χ1n) is 12.5. The van der Waals surface area contributed by atoms with E-state index in [0.717, 1.165) is 22.3 Å². The Morgan fingerprint density at radius 3 is 0.972 bits per heavy atom. The van der Waals surface area contributed by atoms with E-state index in [1.54, 1.807) is 0 Å². The van der Waals surface area contributed by atoms with Crippen molar-refractivity contribution in [3.8, 4) is 0 Å². The van der Waals surface area contributed by atoms with Crippen molar-refractivity contribution in [1.29, 1.82) is 0 Å². The monoisotopic (exact) mass is 472 g/mol. The van der Waals surface area contributed by atoms with Gasteiger partial charge in [-0.05, 0) is 35.1 Å². The van der Waals surface area contributed by atoms with Crippen LogP contribution < -0.4 is 10.9 Å². The first-order valence-corrected chi connectivity index (χ1v) is 12.5. The minimum Gasteiger partial charge on any atom is -0.273 e. The number of amides is 2. The molecule has 2 saturated carbocycles. The molecule has 0 spiro atoms. The molecule has 36 heavy (non-hydrogen) atoms. The fourth-order valence-corrected chi connectivity index (χ4v) is 6.01. The van der Waals surface area contributed by atoms with Crippen molar-refractivity contribution in [2.45, 2.75) is 23.7 Å². The molecule has 4 nitrogen and oxygen atoms in total. The molecule has 0 unspecified atom stereocenters. The van der Waals surface area contributed by atoms with Gasteiger partial charge in [0.2, 0.25) is 11.8 Å². The van der Waals surface area contributed by atoms with Gasteiger partial charge in [0.15, 0.2) is 0 Å². The van der Waals surface area contributed by atoms with Crippen LogP contribution >= 0.6 is 0 Å². The van der Waals surface area contributed by atoms with E-state index < -0.39 is 0 Å². The molecule has 4 heteroatoms. The maximum atomic E-state index is 13.3. The summed E-state index contributed by atoms with van der Waals surface area (Å²) in [7, 11) is 0. The molecule has 2 fully saturated rings. The van der Waals surface area contributed by atoms with Crippen LogP contribution in [0.3, 0.4) is 0 Å². The first kappa shape index (κ1) is 22.3. The number of carbonyl (C=O) groups is 2. The molecule has 6 rings (SSSR count). The molecule has 178 valence electrons. The van der Waals surface area contributed by atoms with Crippen molar-refractivity contribution in [1.82, 2.24) is 10.9 Å². The maximum Gasteiger partial charge on any atom is 0.242 e. The second-order valence-electron chi connectivity index (χ2n) is 9.90. The van der Waals surface area contributed by atoms with Gasteiger partial charge in [0.05, 0.1) is 11.8 Å². The van der Waals surface area contributed by atoms with Gasteiger partial charge < -0.3 is 0 Å². The first-order chi connectivity index (χ1) is 17.7. The van der Waals surface area contributed by atoms with E-state index in [9.17, 15) is 9.59 Å². The van der Waals surface area contributed by atoms with Crippen LogP contribution in [0.2, 0.25) is 0 Å². The van der Waals surface area contributed by atoms with Crippen molar-refractivity contribution >= 4 is 11.8 Å². The second-order valence-corrected chi connectivity index (χ2v) is 9.90. The molecule has 2 N–H and O–H groups in total. The highest BCUT2D eigenvalue weighted by Crippen LogP contribution is 2.60. The summed E-state index contributed by atoms with van der Waals surface area (Å²) in [5, 5.41) is 0. The van der Waals surface area contributed by atoms with Crippen molar-refractivity contribution < 1.29 is 9.59 Å². The fraction of sp³-hybridized carbons (Fsp3) is 0.188. The van der Waals surface area contributed by atoms with Crippen LogP contribution in [0.25, 0.3) is 0 Å². The van der Waals surface area contributed by atoms with Crippen LogP contribution in [0.4, 0.5) is 0 Å². The van der Waals surface area contributed by atoms with E-state index >= 15 is 0 Å². The summed E-state index contributed by atoms with van der Waals surface area (Å²) in [6.07, 6.45) is 1.42. The average Bonchev–Trinajstić information content (AvgIpc) is 3.87. The Kier molecular flexibility index (Phi) is 5.45. The van der Waals surface area contributed by atoms with E-state index in [1.165, 1.54) is 0 Å². The Hall–Kier alpha value is -4.18. The summed E-state index contributed by atoms with van der Waals surface area (Å²) in [5.41, 5.74) is 9.28. The third-order valence-electron chi connectivity index (χ3n) is 8.02. The summed E-state index contributed by atoms with van der Waals surface area (Å²) >= 11 is 0. The number of hydrazine groups is 1. The summed E-state index contributed by atoms with van der Waals surface area (Å²) in [4.78, 5) is 26.6. The topological polar surface area (TPSA) is 58.2 Å². The Bertz CT molecular complexity index is 1180. The molecule has 4 aromatic carbocycles. The van der Waals surface area contributed by atoms with Gasteiger partial charge in [-0.1, -0.05) is 121 Å². The Balaban J connectivity index is 1.19. The van der Waals surface area contributed by atoms with Crippen LogP contribution in [0.1, 0.15) is 35.1 Å². The van der Waals surface area contributed by atoms with Crippen LogP contribution in [-0.2, 0) is 20.4 Å². The van der Waals surface area contributed by atoms with Crippen molar-refractivity contribution in [3.05, 3.63) is 144 Å². The lowest BCUT2D eigenvalue weighted by molar-refractivity contribution is -0.130. The predicted octanol–water partition coefficient (Wildman–Crippen LogP) is 5.15. The fourth-order valence-electron chi connectivity index (χ4n) is 6.01. The zero-order valence-electron chi connectivity index (χ0n) is 19.9. The average molecular weight is 473 g/mol. The van der Waals surface area contributed by atoms with Gasteiger partial charge in [-0.25, -0.2) is 0 Å². The van der Waals surface area contributed by atoms with Gasteiger partial charge in [-0.15, -0.1) is 0 Å². The maximum absolute atomic E-state index is 13.3. The molecular formula is C32H28N2O2. The van der Waals surface area contributed by atoms with Gasteiger partial charge in [0.1, 0.15) is 0 Å². The van der Waals surface area contributed by atoms with Crippen LogP contribution in [-0.4, -0.2) is 11.8 Å². The standard InChI is InChI=1S/C32H28N2O2/c35-29(27-21-31(27,23-13-5-1-6-14-23)24-15-7-2-8-16-24)33-34-30(36)28-22-32(28,25-17-9-3-10-18-25)26-19-11-4-12-20-26/h1-20,27-28H,21-22H2,(H,33,35)(H,34,36)/t27-,28+. The number of rotatable bonds is 6. The normalized spacial score (nSPS) is 20.7. The number of hydrogen-bond donors (Lipinski definition) is 2. The smallest absolute Gasteiger partial charge is 0.242 e. The lowest BCUT2D eigenvalue weighted by Crippen LogP contribution is -2.45. The Morgan fingerprint density at radius 2 is 0.722 bits per heavy atom. The quantitative estimate of drug-likeness (QED) is 0.382. The van der Waals surface area contributed by atoms with E-state index in [-0.39, 0.29) is 34.5 Å². The molecule has 0 aromatic heterocycles. The van der Waals surface area contributed by atoms with Crippen LogP contribution in [0.5, 0.6) is 0 Å². The van der Waals surface area contributed by atoms with Crippen molar-refractivity contribution in [2.75, 3.05) is 0 Å². The second kappa shape index (κ2) is 8.80. The van der Waals surface area contributed by atoms with Crippen LogP contribution in [0, 0.1) is 11.8 Å². The van der Waals surface area contributed by atoms with Crippen molar-refractivity contribution in [2.24, 2.45) is 11.8 Å². The highest BCUT2D eigenvalue weighted by molar-refractivity contribution is 5.91. The summed E-state index contributed by atoms with van der Waals surface area (Å²) in [6.45, 7) is 0. The Labute approximate surface area is 211 Å². The molecule has 2 amide bonds. The van der Waals surface area contributed by atoms with Gasteiger partial charge in [0, 0.05) is 10.8 Å². The number of carbonyl (C=O) groups excluding carboxylic acids is 2. The summed E-state index contributed by atoms with van der Waals surface area (Å²) < 4.78 is 0. The van der Waals surface area contributed by atoms with Gasteiger partial charge in [-0.3, -0.25) is 20.4 Å². The van der Waals surface area contributed by atoms with Gasteiger partial charge in [0.25, 0.3) is 0 Å². The molecular weight excluding hydrogens is 444 g/mol. The lowest BCUT2D eigenvalue weighted by atomic mass is 9.85. The van der Waals surface area contributed by atoms with E-state index in [1.807, 2.05) is 72.8 Å². The van der Waals surface area contributed by atoms with Crippen LogP contribution in [0.15, 0.2) is 121 Å². The minimum absolute atomic E-state index is 0.151. The third-order valence-corrected chi connectivity index (χ3v) is 8.02. The molecule has 0 saturated heterocycles. The summed E-state index contributed by atoms with van der Waals surface area (Å²) in [6, 6.07) is 40.7. The number of nitrogens with one attached hydrogen (secondary N) is 2. The molecule has 4 aromatic rings. The number of benzene rings is 4. The molecule has 2 aliphatic carbocycles. The third kappa shape index (κ3) is 3.61.